The molecule has 0 spiro atoms. The fraction of sp³-hybridized carbons (Fsp3) is 0.259. The third-order valence-electron chi connectivity index (χ3n) is 6.39. The first-order valence-electron chi connectivity index (χ1n) is 11.5. The number of alkyl halides is 3. The molecule has 36 heavy (non-hydrogen) atoms. The molecule has 186 valence electrons. The van der Waals surface area contributed by atoms with E-state index in [9.17, 15) is 18.0 Å². The minimum absolute atomic E-state index is 0.204. The zero-order chi connectivity index (χ0) is 25.4. The molecule has 5 rings (SSSR count). The van der Waals surface area contributed by atoms with Gasteiger partial charge in [-0.1, -0.05) is 12.1 Å². The molecule has 0 saturated carbocycles. The number of carbonyl (C=O) groups excluding carboxylic acids is 1. The highest BCUT2D eigenvalue weighted by Gasteiger charge is 2.33. The highest BCUT2D eigenvalue weighted by atomic mass is 19.4. The van der Waals surface area contributed by atoms with Gasteiger partial charge in [-0.3, -0.25) is 4.79 Å². The van der Waals surface area contributed by atoms with Gasteiger partial charge >= 0.3 is 6.18 Å². The lowest BCUT2D eigenvalue weighted by atomic mass is 10.1. The van der Waals surface area contributed by atoms with Crippen LogP contribution in [-0.2, 0) is 6.18 Å². The van der Waals surface area contributed by atoms with Crippen molar-refractivity contribution in [2.75, 3.05) is 26.7 Å². The number of nitrogens with zero attached hydrogens (tertiary/aromatic N) is 3. The number of amidine groups is 1. The molecule has 0 aliphatic carbocycles. The Labute approximate surface area is 206 Å². The molecule has 1 atom stereocenters. The summed E-state index contributed by atoms with van der Waals surface area (Å²) in [4.78, 5) is 21.8. The predicted molar refractivity (Wildman–Crippen MR) is 129 cm³/mol. The molecule has 0 bridgehead atoms. The molecule has 2 aliphatic heterocycles. The molecule has 0 radical (unpaired) electrons. The largest absolute Gasteiger partial charge is 0.497 e. The van der Waals surface area contributed by atoms with Gasteiger partial charge in [0.2, 0.25) is 0 Å². The van der Waals surface area contributed by atoms with Crippen molar-refractivity contribution in [3.8, 4) is 17.2 Å². The van der Waals surface area contributed by atoms with Gasteiger partial charge < -0.3 is 19.3 Å². The van der Waals surface area contributed by atoms with Crippen LogP contribution in [0, 0.1) is 0 Å². The Morgan fingerprint density at radius 2 is 1.78 bits per heavy atom. The third-order valence-corrected chi connectivity index (χ3v) is 6.39. The number of ether oxygens (including phenoxy) is 2. The number of hydrogen-bond donors (Lipinski definition) is 0. The fourth-order valence-electron chi connectivity index (χ4n) is 4.49. The van der Waals surface area contributed by atoms with Gasteiger partial charge in [-0.2, -0.15) is 13.2 Å². The van der Waals surface area contributed by atoms with Crippen LogP contribution in [0.4, 0.5) is 18.9 Å². The summed E-state index contributed by atoms with van der Waals surface area (Å²) < 4.78 is 50.3. The molecule has 0 N–H and O–H groups in total. The lowest BCUT2D eigenvalue weighted by Crippen LogP contribution is -2.55. The SMILES string of the molecule is COc1ccc2c(c1)C(N1CCN(C(=O)c3ccc(C(F)(F)F)cc3)[C@H](C)C1)=Nc1ccccc1O2. The number of halogens is 3. The number of methoxy groups -OCH3 is 1. The van der Waals surface area contributed by atoms with E-state index in [0.29, 0.717) is 48.4 Å². The average Bonchev–Trinajstić information content (AvgIpc) is 3.04. The molecular weight excluding hydrogens is 471 g/mol. The Morgan fingerprint density at radius 1 is 1.03 bits per heavy atom. The highest BCUT2D eigenvalue weighted by Crippen LogP contribution is 2.39. The Morgan fingerprint density at radius 3 is 2.47 bits per heavy atom. The first-order valence-corrected chi connectivity index (χ1v) is 11.5. The fourth-order valence-corrected chi connectivity index (χ4v) is 4.49. The summed E-state index contributed by atoms with van der Waals surface area (Å²) in [5.74, 6) is 2.37. The van der Waals surface area contributed by atoms with Gasteiger partial charge in [-0.05, 0) is 61.5 Å². The van der Waals surface area contributed by atoms with Crippen molar-refractivity contribution in [2.24, 2.45) is 4.99 Å². The summed E-state index contributed by atoms with van der Waals surface area (Å²) in [6.45, 7) is 3.29. The lowest BCUT2D eigenvalue weighted by molar-refractivity contribution is -0.137. The maximum absolute atomic E-state index is 13.1. The van der Waals surface area contributed by atoms with Gasteiger partial charge in [0.25, 0.3) is 5.91 Å². The number of aliphatic imine (C=N–C) groups is 1. The lowest BCUT2D eigenvalue weighted by Gasteiger charge is -2.41. The molecule has 1 amide bonds. The van der Waals surface area contributed by atoms with Crippen LogP contribution in [-0.4, -0.2) is 54.3 Å². The van der Waals surface area contributed by atoms with E-state index in [1.54, 1.807) is 12.0 Å². The van der Waals surface area contributed by atoms with Crippen molar-refractivity contribution in [1.29, 1.82) is 0 Å². The topological polar surface area (TPSA) is 54.4 Å². The Bertz CT molecular complexity index is 1320. The summed E-state index contributed by atoms with van der Waals surface area (Å²) in [6.07, 6.45) is -4.44. The van der Waals surface area contributed by atoms with Crippen LogP contribution >= 0.6 is 0 Å². The first-order chi connectivity index (χ1) is 17.2. The first kappa shape index (κ1) is 23.7. The molecule has 6 nitrogen and oxygen atoms in total. The van der Waals surface area contributed by atoms with Crippen LogP contribution in [0.25, 0.3) is 0 Å². The summed E-state index contributed by atoms with van der Waals surface area (Å²) in [7, 11) is 1.60. The van der Waals surface area contributed by atoms with Gasteiger partial charge in [0.15, 0.2) is 5.75 Å². The second-order valence-electron chi connectivity index (χ2n) is 8.74. The molecule has 3 aromatic carbocycles. The average molecular weight is 496 g/mol. The molecule has 2 aliphatic rings. The van der Waals surface area contributed by atoms with Crippen molar-refractivity contribution in [1.82, 2.24) is 9.80 Å². The van der Waals surface area contributed by atoms with E-state index < -0.39 is 11.7 Å². The molecule has 9 heteroatoms. The normalized spacial score (nSPS) is 17.4. The van der Waals surface area contributed by atoms with Crippen LogP contribution in [0.1, 0.15) is 28.4 Å². The number of rotatable bonds is 2. The standard InChI is InChI=1S/C27H24F3N3O3/c1-17-16-32(13-14-33(17)26(34)18-7-9-19(10-8-18)27(28,29)30)25-21-15-20(35-2)11-12-23(21)36-24-6-4-3-5-22(24)31-25/h3-12,15,17H,13-14,16H2,1-2H3/t17-/m1/s1. The van der Waals surface area contributed by atoms with Gasteiger partial charge in [-0.25, -0.2) is 4.99 Å². The molecule has 1 fully saturated rings. The van der Waals surface area contributed by atoms with Crippen LogP contribution in [0.15, 0.2) is 71.7 Å². The molecule has 3 aromatic rings. The number of fused-ring (bicyclic) bond motifs is 2. The minimum Gasteiger partial charge on any atom is -0.497 e. The summed E-state index contributed by atoms with van der Waals surface area (Å²) >= 11 is 0. The second kappa shape index (κ2) is 9.22. The quantitative estimate of drug-likeness (QED) is 0.455. The molecule has 0 aromatic heterocycles. The molecule has 1 saturated heterocycles. The van der Waals surface area contributed by atoms with Gasteiger partial charge in [0.05, 0.1) is 18.2 Å². The smallest absolute Gasteiger partial charge is 0.416 e. The number of amides is 1. The van der Waals surface area contributed by atoms with Crippen molar-refractivity contribution >= 4 is 17.4 Å². The van der Waals surface area contributed by atoms with Crippen LogP contribution in [0.3, 0.4) is 0 Å². The molecular formula is C27H24F3N3O3. The minimum atomic E-state index is -4.44. The number of piperazine rings is 1. The van der Waals surface area contributed by atoms with E-state index in [2.05, 4.69) is 4.90 Å². The van der Waals surface area contributed by atoms with Crippen LogP contribution in [0.5, 0.6) is 17.2 Å². The van der Waals surface area contributed by atoms with E-state index in [4.69, 9.17) is 14.5 Å². The highest BCUT2D eigenvalue weighted by molar-refractivity contribution is 6.04. The third kappa shape index (κ3) is 4.48. The molecule has 2 heterocycles. The van der Waals surface area contributed by atoms with Crippen molar-refractivity contribution in [3.63, 3.8) is 0 Å². The Hall–Kier alpha value is -4.01. The maximum Gasteiger partial charge on any atom is 0.416 e. The van der Waals surface area contributed by atoms with E-state index in [0.717, 1.165) is 17.7 Å². The summed E-state index contributed by atoms with van der Waals surface area (Å²) in [6, 6.07) is 17.2. The number of hydrogen-bond acceptors (Lipinski definition) is 5. The number of carbonyl (C=O) groups is 1. The van der Waals surface area contributed by atoms with E-state index >= 15 is 0 Å². The van der Waals surface area contributed by atoms with Gasteiger partial charge in [-0.15, -0.1) is 0 Å². The van der Waals surface area contributed by atoms with Crippen molar-refractivity contribution in [3.05, 3.63) is 83.4 Å². The molecule has 0 unspecified atom stereocenters. The Kier molecular flexibility index (Phi) is 6.07. The number of benzene rings is 3. The maximum atomic E-state index is 13.1. The van der Waals surface area contributed by atoms with Crippen LogP contribution in [0.2, 0.25) is 0 Å². The Balaban J connectivity index is 1.41. The number of para-hydroxylation sites is 2. The van der Waals surface area contributed by atoms with Crippen molar-refractivity contribution < 1.29 is 27.4 Å². The van der Waals surface area contributed by atoms with Gasteiger partial charge in [0, 0.05) is 31.2 Å². The van der Waals surface area contributed by atoms with E-state index in [1.807, 2.05) is 49.4 Å². The van der Waals surface area contributed by atoms with E-state index in [1.165, 1.54) is 12.1 Å². The predicted octanol–water partition coefficient (Wildman–Crippen LogP) is 5.74. The van der Waals surface area contributed by atoms with Gasteiger partial charge in [0.1, 0.15) is 23.0 Å². The monoisotopic (exact) mass is 495 g/mol. The zero-order valence-electron chi connectivity index (χ0n) is 19.7. The zero-order valence-corrected chi connectivity index (χ0v) is 19.7. The summed E-state index contributed by atoms with van der Waals surface area (Å²) in [5.41, 5.74) is 0.922. The van der Waals surface area contributed by atoms with E-state index in [-0.39, 0.29) is 17.5 Å². The second-order valence-corrected chi connectivity index (χ2v) is 8.74. The van der Waals surface area contributed by atoms with Crippen LogP contribution < -0.4 is 9.47 Å². The van der Waals surface area contributed by atoms with Crippen molar-refractivity contribution in [2.45, 2.75) is 19.1 Å². The summed E-state index contributed by atoms with van der Waals surface area (Å²) in [5, 5.41) is 0.